The molecule has 5 heteroatoms. The molecule has 0 fully saturated rings. The van der Waals surface area contributed by atoms with Gasteiger partial charge in [0.25, 0.3) is 0 Å². The molecule has 0 amide bonds. The predicted molar refractivity (Wildman–Crippen MR) is 61.5 cm³/mol. The molecule has 0 aliphatic carbocycles. The number of hydrogen-bond acceptors (Lipinski definition) is 4. The Morgan fingerprint density at radius 2 is 1.94 bits per heavy atom. The lowest BCUT2D eigenvalue weighted by Gasteiger charge is -2.03. The first-order valence-corrected chi connectivity index (χ1v) is 5.01. The highest BCUT2D eigenvalue weighted by Gasteiger charge is 2.09. The van der Waals surface area contributed by atoms with Crippen LogP contribution in [-0.4, -0.2) is 29.7 Å². The van der Waals surface area contributed by atoms with E-state index in [1.807, 2.05) is 24.3 Å². The molecule has 1 heterocycles. The molecule has 0 bridgehead atoms. The smallest absolute Gasteiger partial charge is 0.358 e. The Kier molecular flexibility index (Phi) is 3.09. The van der Waals surface area contributed by atoms with Gasteiger partial charge in [0.1, 0.15) is 12.1 Å². The van der Waals surface area contributed by atoms with E-state index >= 15 is 0 Å². The molecule has 17 heavy (non-hydrogen) atoms. The molecule has 1 aromatic heterocycles. The first-order valence-electron chi connectivity index (χ1n) is 5.01. The van der Waals surface area contributed by atoms with E-state index in [1.165, 1.54) is 7.11 Å². The second-order valence-electron chi connectivity index (χ2n) is 3.36. The fourth-order valence-electron chi connectivity index (χ4n) is 1.43. The summed E-state index contributed by atoms with van der Waals surface area (Å²) in [5.74, 6) is 0.333. The maximum atomic E-state index is 11.2. The van der Waals surface area contributed by atoms with Gasteiger partial charge < -0.3 is 14.0 Å². The lowest BCUT2D eigenvalue weighted by molar-refractivity contribution is 0.0594. The van der Waals surface area contributed by atoms with Crippen molar-refractivity contribution < 1.29 is 14.3 Å². The molecular formula is C12H12N2O3. The lowest BCUT2D eigenvalue weighted by atomic mass is 10.3. The van der Waals surface area contributed by atoms with Crippen LogP contribution in [0.2, 0.25) is 0 Å². The van der Waals surface area contributed by atoms with Crippen LogP contribution in [0.4, 0.5) is 0 Å². The van der Waals surface area contributed by atoms with Crippen LogP contribution in [-0.2, 0) is 4.74 Å². The van der Waals surface area contributed by atoms with Crippen LogP contribution < -0.4 is 4.74 Å². The Bertz CT molecular complexity index is 517. The Morgan fingerprint density at radius 1 is 1.24 bits per heavy atom. The minimum absolute atomic E-state index is 0.281. The molecule has 0 unspecified atom stereocenters. The van der Waals surface area contributed by atoms with E-state index in [-0.39, 0.29) is 5.69 Å². The van der Waals surface area contributed by atoms with Gasteiger partial charge in [-0.2, -0.15) is 0 Å². The van der Waals surface area contributed by atoms with Gasteiger partial charge in [-0.05, 0) is 24.3 Å². The number of nitrogens with zero attached hydrogens (tertiary/aromatic N) is 2. The summed E-state index contributed by atoms with van der Waals surface area (Å²) in [4.78, 5) is 15.2. The predicted octanol–water partition coefficient (Wildman–Crippen LogP) is 1.67. The van der Waals surface area contributed by atoms with Gasteiger partial charge in [-0.15, -0.1) is 0 Å². The molecular weight excluding hydrogens is 220 g/mol. The number of aromatic nitrogens is 2. The van der Waals surface area contributed by atoms with E-state index in [9.17, 15) is 4.79 Å². The molecule has 0 saturated carbocycles. The van der Waals surface area contributed by atoms with Gasteiger partial charge in [0.2, 0.25) is 0 Å². The molecule has 5 nitrogen and oxygen atoms in total. The standard InChI is InChI=1S/C12H12N2O3/c1-16-10-5-3-9(4-6-10)14-7-11(13-8-14)12(15)17-2/h3-8H,1-2H3. The zero-order valence-corrected chi connectivity index (χ0v) is 9.58. The first-order chi connectivity index (χ1) is 8.24. The molecule has 2 rings (SSSR count). The van der Waals surface area contributed by atoms with Crippen molar-refractivity contribution in [1.82, 2.24) is 9.55 Å². The SMILES string of the molecule is COC(=O)c1cn(-c2ccc(OC)cc2)cn1. The summed E-state index contributed by atoms with van der Waals surface area (Å²) < 4.78 is 11.4. The number of hydrogen-bond donors (Lipinski definition) is 0. The van der Waals surface area contributed by atoms with E-state index in [0.717, 1.165) is 11.4 Å². The summed E-state index contributed by atoms with van der Waals surface area (Å²) in [5, 5.41) is 0. The van der Waals surface area contributed by atoms with E-state index in [2.05, 4.69) is 9.72 Å². The van der Waals surface area contributed by atoms with Gasteiger partial charge in [-0.1, -0.05) is 0 Å². The molecule has 0 saturated heterocycles. The molecule has 0 atom stereocenters. The van der Waals surface area contributed by atoms with E-state index < -0.39 is 5.97 Å². The number of esters is 1. The van der Waals surface area contributed by atoms with Gasteiger partial charge in [0.15, 0.2) is 5.69 Å². The fourth-order valence-corrected chi connectivity index (χ4v) is 1.43. The van der Waals surface area contributed by atoms with E-state index in [0.29, 0.717) is 0 Å². The highest BCUT2D eigenvalue weighted by atomic mass is 16.5. The zero-order valence-electron chi connectivity index (χ0n) is 9.58. The normalized spacial score (nSPS) is 10.0. The van der Waals surface area contributed by atoms with E-state index in [1.54, 1.807) is 24.2 Å². The maximum Gasteiger partial charge on any atom is 0.358 e. The largest absolute Gasteiger partial charge is 0.497 e. The van der Waals surface area contributed by atoms with E-state index in [4.69, 9.17) is 4.74 Å². The second-order valence-corrected chi connectivity index (χ2v) is 3.36. The van der Waals surface area contributed by atoms with Crippen LogP contribution in [0, 0.1) is 0 Å². The average Bonchev–Trinajstić information content (AvgIpc) is 2.87. The van der Waals surface area contributed by atoms with Crippen molar-refractivity contribution in [1.29, 1.82) is 0 Å². The van der Waals surface area contributed by atoms with Crippen LogP contribution >= 0.6 is 0 Å². The molecule has 2 aromatic rings. The van der Waals surface area contributed by atoms with Crippen molar-refractivity contribution in [3.8, 4) is 11.4 Å². The van der Waals surface area contributed by atoms with Gasteiger partial charge in [-0.25, -0.2) is 9.78 Å². The zero-order chi connectivity index (χ0) is 12.3. The molecule has 0 radical (unpaired) electrons. The monoisotopic (exact) mass is 232 g/mol. The summed E-state index contributed by atoms with van der Waals surface area (Å²) >= 11 is 0. The Balaban J connectivity index is 2.27. The number of methoxy groups -OCH3 is 2. The third-order valence-corrected chi connectivity index (χ3v) is 2.35. The molecule has 0 aliphatic heterocycles. The van der Waals surface area contributed by atoms with Crippen LogP contribution in [0.1, 0.15) is 10.5 Å². The summed E-state index contributed by atoms with van der Waals surface area (Å²) in [7, 11) is 2.94. The van der Waals surface area contributed by atoms with Crippen LogP contribution in [0.3, 0.4) is 0 Å². The number of carbonyl (C=O) groups excluding carboxylic acids is 1. The lowest BCUT2D eigenvalue weighted by Crippen LogP contribution is -2.01. The maximum absolute atomic E-state index is 11.2. The molecule has 88 valence electrons. The molecule has 0 spiro atoms. The molecule has 1 aromatic carbocycles. The second kappa shape index (κ2) is 4.69. The number of rotatable bonds is 3. The van der Waals surface area contributed by atoms with Crippen molar-refractivity contribution in [2.45, 2.75) is 0 Å². The molecule has 0 aliphatic rings. The van der Waals surface area contributed by atoms with Crippen LogP contribution in [0.25, 0.3) is 5.69 Å². The topological polar surface area (TPSA) is 53.4 Å². The van der Waals surface area contributed by atoms with Crippen LogP contribution in [0.5, 0.6) is 5.75 Å². The molecule has 0 N–H and O–H groups in total. The Hall–Kier alpha value is -2.30. The van der Waals surface area contributed by atoms with Gasteiger partial charge in [0.05, 0.1) is 14.2 Å². The average molecular weight is 232 g/mol. The van der Waals surface area contributed by atoms with Crippen LogP contribution in [0.15, 0.2) is 36.8 Å². The number of imidazole rings is 1. The third kappa shape index (κ3) is 2.28. The summed E-state index contributed by atoms with van der Waals surface area (Å²) in [6, 6.07) is 7.43. The number of benzene rings is 1. The van der Waals surface area contributed by atoms with Crippen molar-refractivity contribution >= 4 is 5.97 Å². The first kappa shape index (κ1) is 11.2. The minimum atomic E-state index is -0.447. The number of carbonyl (C=O) groups is 1. The van der Waals surface area contributed by atoms with Gasteiger partial charge in [0, 0.05) is 11.9 Å². The van der Waals surface area contributed by atoms with Gasteiger partial charge in [-0.3, -0.25) is 0 Å². The highest BCUT2D eigenvalue weighted by molar-refractivity contribution is 5.86. The van der Waals surface area contributed by atoms with Crippen molar-refractivity contribution in [2.75, 3.05) is 14.2 Å². The summed E-state index contributed by atoms with van der Waals surface area (Å²) in [5.41, 5.74) is 1.18. The minimum Gasteiger partial charge on any atom is -0.497 e. The number of ether oxygens (including phenoxy) is 2. The highest BCUT2D eigenvalue weighted by Crippen LogP contribution is 2.15. The summed E-state index contributed by atoms with van der Waals surface area (Å²) in [6.07, 6.45) is 3.18. The fraction of sp³-hybridized carbons (Fsp3) is 0.167. The third-order valence-electron chi connectivity index (χ3n) is 2.35. The Labute approximate surface area is 98.6 Å². The Morgan fingerprint density at radius 3 is 2.53 bits per heavy atom. The van der Waals surface area contributed by atoms with Gasteiger partial charge >= 0.3 is 5.97 Å². The van der Waals surface area contributed by atoms with Crippen molar-refractivity contribution in [2.24, 2.45) is 0 Å². The van der Waals surface area contributed by atoms with Crippen molar-refractivity contribution in [3.63, 3.8) is 0 Å². The van der Waals surface area contributed by atoms with Crippen molar-refractivity contribution in [3.05, 3.63) is 42.5 Å². The summed E-state index contributed by atoms with van der Waals surface area (Å²) in [6.45, 7) is 0. The quantitative estimate of drug-likeness (QED) is 0.755.